The van der Waals surface area contributed by atoms with E-state index in [-0.39, 0.29) is 6.04 Å². The van der Waals surface area contributed by atoms with Crippen molar-refractivity contribution in [3.8, 4) is 5.69 Å². The summed E-state index contributed by atoms with van der Waals surface area (Å²) in [5.41, 5.74) is 3.51. The van der Waals surface area contributed by atoms with Gasteiger partial charge in [-0.15, -0.1) is 5.10 Å². The summed E-state index contributed by atoms with van der Waals surface area (Å²) in [6, 6.07) is 6.58. The zero-order valence-electron chi connectivity index (χ0n) is 18.6. The number of piperazine rings is 1. The van der Waals surface area contributed by atoms with E-state index in [1.54, 1.807) is 0 Å². The van der Waals surface area contributed by atoms with E-state index >= 15 is 0 Å². The second-order valence-corrected chi connectivity index (χ2v) is 8.44. The van der Waals surface area contributed by atoms with E-state index < -0.39 is 0 Å². The second-order valence-electron chi connectivity index (χ2n) is 8.44. The van der Waals surface area contributed by atoms with Gasteiger partial charge < -0.3 is 4.74 Å². The van der Waals surface area contributed by atoms with Gasteiger partial charge in [-0.3, -0.25) is 14.7 Å². The molecule has 2 aromatic rings. The van der Waals surface area contributed by atoms with Crippen LogP contribution in [0.3, 0.4) is 0 Å². The highest BCUT2D eigenvalue weighted by atomic mass is 16.5. The van der Waals surface area contributed by atoms with Crippen LogP contribution in [0.4, 0.5) is 0 Å². The second kappa shape index (κ2) is 9.96. The number of morpholine rings is 1. The van der Waals surface area contributed by atoms with Crippen molar-refractivity contribution < 1.29 is 4.74 Å². The third-order valence-electron chi connectivity index (χ3n) is 6.51. The van der Waals surface area contributed by atoms with E-state index in [1.165, 1.54) is 11.1 Å². The van der Waals surface area contributed by atoms with Crippen LogP contribution in [0, 0.1) is 13.8 Å². The largest absolute Gasteiger partial charge is 0.379 e. The molecule has 2 fully saturated rings. The van der Waals surface area contributed by atoms with Crippen LogP contribution in [0.25, 0.3) is 5.69 Å². The van der Waals surface area contributed by atoms with Crippen LogP contribution in [0.5, 0.6) is 0 Å². The Bertz CT molecular complexity index is 789. The van der Waals surface area contributed by atoms with Crippen LogP contribution in [0.15, 0.2) is 18.2 Å². The summed E-state index contributed by atoms with van der Waals surface area (Å²) in [6.45, 7) is 17.0. The minimum absolute atomic E-state index is 0.236. The number of hydrogen-bond donors (Lipinski definition) is 0. The predicted molar refractivity (Wildman–Crippen MR) is 117 cm³/mol. The molecule has 1 unspecified atom stereocenters. The van der Waals surface area contributed by atoms with Gasteiger partial charge in [0.1, 0.15) is 0 Å². The number of tetrazole rings is 1. The lowest BCUT2D eigenvalue weighted by molar-refractivity contribution is 0.0273. The van der Waals surface area contributed by atoms with E-state index in [2.05, 4.69) is 69.2 Å². The maximum Gasteiger partial charge on any atom is 0.173 e. The fourth-order valence-electron chi connectivity index (χ4n) is 4.71. The highest BCUT2D eigenvalue weighted by molar-refractivity contribution is 5.46. The van der Waals surface area contributed by atoms with Crippen LogP contribution in [0.1, 0.15) is 36.3 Å². The summed E-state index contributed by atoms with van der Waals surface area (Å²) >= 11 is 0. The molecular weight excluding hydrogens is 378 g/mol. The third-order valence-corrected chi connectivity index (χ3v) is 6.51. The molecule has 4 rings (SSSR count). The molecule has 0 N–H and O–H groups in total. The first-order valence-corrected chi connectivity index (χ1v) is 11.3. The van der Waals surface area contributed by atoms with Crippen LogP contribution in [-0.4, -0.2) is 100 Å². The van der Waals surface area contributed by atoms with Crippen LogP contribution >= 0.6 is 0 Å². The van der Waals surface area contributed by atoms with Crippen molar-refractivity contribution in [2.45, 2.75) is 33.2 Å². The SMILES string of the molecule is CCC(c1nnnn1-c1c(C)cccc1C)N1CCN(CCN2CCOCC2)CC1. The molecule has 0 aliphatic carbocycles. The summed E-state index contributed by atoms with van der Waals surface area (Å²) in [5, 5.41) is 12.9. The summed E-state index contributed by atoms with van der Waals surface area (Å²) < 4.78 is 7.42. The van der Waals surface area contributed by atoms with Crippen LogP contribution < -0.4 is 0 Å². The van der Waals surface area contributed by atoms with Crippen molar-refractivity contribution in [2.24, 2.45) is 0 Å². The van der Waals surface area contributed by atoms with Gasteiger partial charge in [-0.25, -0.2) is 0 Å². The molecule has 2 aliphatic rings. The zero-order chi connectivity index (χ0) is 20.9. The van der Waals surface area contributed by atoms with E-state index in [1.807, 2.05) is 4.68 Å². The lowest BCUT2D eigenvalue weighted by atomic mass is 10.1. The minimum atomic E-state index is 0.236. The number of rotatable bonds is 7. The first-order valence-electron chi connectivity index (χ1n) is 11.3. The Morgan fingerprint density at radius 3 is 2.20 bits per heavy atom. The molecule has 3 heterocycles. The van der Waals surface area contributed by atoms with E-state index in [0.29, 0.717) is 0 Å². The number of aryl methyl sites for hydroxylation is 2. The summed E-state index contributed by atoms with van der Waals surface area (Å²) in [6.07, 6.45) is 0.999. The number of para-hydroxylation sites is 1. The first-order chi connectivity index (χ1) is 14.7. The number of ether oxygens (including phenoxy) is 1. The monoisotopic (exact) mass is 413 g/mol. The van der Waals surface area contributed by atoms with Crippen molar-refractivity contribution in [3.05, 3.63) is 35.2 Å². The Kier molecular flexibility index (Phi) is 7.09. The van der Waals surface area contributed by atoms with Gasteiger partial charge in [-0.1, -0.05) is 25.1 Å². The summed E-state index contributed by atoms with van der Waals surface area (Å²) in [7, 11) is 0. The van der Waals surface area contributed by atoms with Gasteiger partial charge in [0.25, 0.3) is 0 Å². The molecule has 0 saturated carbocycles. The van der Waals surface area contributed by atoms with Gasteiger partial charge in [-0.05, 0) is 41.8 Å². The van der Waals surface area contributed by atoms with Crippen molar-refractivity contribution in [2.75, 3.05) is 65.6 Å². The predicted octanol–water partition coefficient (Wildman–Crippen LogP) is 1.68. The van der Waals surface area contributed by atoms with Gasteiger partial charge in [0.05, 0.1) is 24.9 Å². The number of benzene rings is 1. The fraction of sp³-hybridized carbons (Fsp3) is 0.682. The van der Waals surface area contributed by atoms with Crippen molar-refractivity contribution in [1.29, 1.82) is 0 Å². The van der Waals surface area contributed by atoms with Crippen molar-refractivity contribution in [1.82, 2.24) is 34.9 Å². The lowest BCUT2D eigenvalue weighted by Gasteiger charge is -2.39. The Morgan fingerprint density at radius 2 is 1.57 bits per heavy atom. The molecule has 0 radical (unpaired) electrons. The van der Waals surface area contributed by atoms with E-state index in [4.69, 9.17) is 4.74 Å². The Morgan fingerprint density at radius 1 is 0.933 bits per heavy atom. The van der Waals surface area contributed by atoms with Crippen LogP contribution in [0.2, 0.25) is 0 Å². The fourth-order valence-corrected chi connectivity index (χ4v) is 4.71. The minimum Gasteiger partial charge on any atom is -0.379 e. The molecule has 1 atom stereocenters. The molecule has 2 saturated heterocycles. The van der Waals surface area contributed by atoms with E-state index in [9.17, 15) is 0 Å². The molecule has 30 heavy (non-hydrogen) atoms. The molecule has 1 aromatic heterocycles. The van der Waals surface area contributed by atoms with Gasteiger partial charge >= 0.3 is 0 Å². The summed E-state index contributed by atoms with van der Waals surface area (Å²) in [5.74, 6) is 0.955. The quantitative estimate of drug-likeness (QED) is 0.684. The number of aromatic nitrogens is 4. The van der Waals surface area contributed by atoms with Gasteiger partial charge in [0.2, 0.25) is 0 Å². The topological polar surface area (TPSA) is 62.6 Å². The Hall–Kier alpha value is -1.87. The Labute approximate surface area is 179 Å². The standard InChI is InChI=1S/C22H35N7O/c1-4-20(22-23-24-25-29(22)21-18(2)6-5-7-19(21)3)28-12-10-26(11-13-28)8-9-27-14-16-30-17-15-27/h5-7,20H,4,8-17H2,1-3H3. The highest BCUT2D eigenvalue weighted by Crippen LogP contribution is 2.27. The summed E-state index contributed by atoms with van der Waals surface area (Å²) in [4.78, 5) is 7.66. The van der Waals surface area contributed by atoms with E-state index in [0.717, 1.165) is 83.5 Å². The smallest absolute Gasteiger partial charge is 0.173 e. The molecule has 0 amide bonds. The number of nitrogens with zero attached hydrogens (tertiary/aromatic N) is 7. The molecule has 1 aromatic carbocycles. The van der Waals surface area contributed by atoms with Gasteiger partial charge in [0, 0.05) is 52.4 Å². The molecule has 8 nitrogen and oxygen atoms in total. The first kappa shape index (κ1) is 21.4. The van der Waals surface area contributed by atoms with Crippen molar-refractivity contribution in [3.63, 3.8) is 0 Å². The van der Waals surface area contributed by atoms with Gasteiger partial charge in [0.15, 0.2) is 5.82 Å². The molecule has 0 bridgehead atoms. The molecule has 0 spiro atoms. The molecule has 8 heteroatoms. The van der Waals surface area contributed by atoms with Crippen molar-refractivity contribution >= 4 is 0 Å². The lowest BCUT2D eigenvalue weighted by Crippen LogP contribution is -2.50. The van der Waals surface area contributed by atoms with Crippen LogP contribution in [-0.2, 0) is 4.74 Å². The molecule has 2 aliphatic heterocycles. The molecule has 164 valence electrons. The highest BCUT2D eigenvalue weighted by Gasteiger charge is 2.29. The average molecular weight is 414 g/mol. The third kappa shape index (κ3) is 4.72. The Balaban J connectivity index is 1.39. The average Bonchev–Trinajstić information content (AvgIpc) is 3.23. The zero-order valence-corrected chi connectivity index (χ0v) is 18.6. The normalized spacial score (nSPS) is 20.5. The maximum absolute atomic E-state index is 5.46. The van der Waals surface area contributed by atoms with Gasteiger partial charge in [-0.2, -0.15) is 4.68 Å². The maximum atomic E-state index is 5.46. The number of hydrogen-bond acceptors (Lipinski definition) is 7. The molecular formula is C22H35N7O.